The van der Waals surface area contributed by atoms with Crippen LogP contribution in [0, 0.1) is 5.92 Å². The van der Waals surface area contributed by atoms with E-state index in [9.17, 15) is 9.59 Å². The number of aromatic amines is 1. The molecule has 0 aromatic carbocycles. The molecule has 1 atom stereocenters. The van der Waals surface area contributed by atoms with Crippen molar-refractivity contribution in [3.8, 4) is 0 Å². The molecule has 2 fully saturated rings. The second kappa shape index (κ2) is 8.42. The maximum atomic E-state index is 13.0. The number of nitrogens with zero attached hydrogens (tertiary/aromatic N) is 3. The fourth-order valence-electron chi connectivity index (χ4n) is 4.46. The van der Waals surface area contributed by atoms with Gasteiger partial charge in [0.1, 0.15) is 5.60 Å². The predicted octanol–water partition coefficient (Wildman–Crippen LogP) is 2.76. The lowest BCUT2D eigenvalue weighted by Gasteiger charge is -2.35. The van der Waals surface area contributed by atoms with Gasteiger partial charge in [-0.3, -0.25) is 9.59 Å². The number of H-pyrrole nitrogens is 1. The van der Waals surface area contributed by atoms with Crippen LogP contribution in [0.5, 0.6) is 0 Å². The first-order valence-corrected chi connectivity index (χ1v) is 11.4. The van der Waals surface area contributed by atoms with Gasteiger partial charge in [-0.05, 0) is 38.0 Å². The van der Waals surface area contributed by atoms with Gasteiger partial charge in [0, 0.05) is 24.2 Å². The molecule has 0 radical (unpaired) electrons. The van der Waals surface area contributed by atoms with Gasteiger partial charge in [-0.15, -0.1) is 5.10 Å². The molecule has 2 aromatic rings. The summed E-state index contributed by atoms with van der Waals surface area (Å²) < 4.78 is 7.53. The van der Waals surface area contributed by atoms with Crippen molar-refractivity contribution in [1.82, 2.24) is 24.9 Å². The summed E-state index contributed by atoms with van der Waals surface area (Å²) in [5, 5.41) is 7.49. The van der Waals surface area contributed by atoms with Crippen molar-refractivity contribution in [3.63, 3.8) is 0 Å². The fourth-order valence-corrected chi connectivity index (χ4v) is 4.46. The van der Waals surface area contributed by atoms with E-state index in [0.717, 1.165) is 32.2 Å². The van der Waals surface area contributed by atoms with E-state index in [0.29, 0.717) is 36.1 Å². The lowest BCUT2D eigenvalue weighted by atomic mass is 9.83. The summed E-state index contributed by atoms with van der Waals surface area (Å²) >= 11 is 0. The average molecular weight is 424 g/mol. The summed E-state index contributed by atoms with van der Waals surface area (Å²) in [6.45, 7) is 0.900. The molecule has 2 saturated carbocycles. The number of hydrogen-bond donors (Lipinski definition) is 2. The number of carbonyl (C=O) groups excluding carboxylic acids is 1. The fraction of sp³-hybridized carbons (Fsp3) is 0.565. The Hall–Kier alpha value is -2.74. The monoisotopic (exact) mass is 423 g/mol. The minimum Gasteiger partial charge on any atom is -0.359 e. The van der Waals surface area contributed by atoms with Gasteiger partial charge < -0.3 is 15.0 Å². The molecule has 31 heavy (non-hydrogen) atoms. The van der Waals surface area contributed by atoms with Crippen molar-refractivity contribution in [2.24, 2.45) is 5.92 Å². The van der Waals surface area contributed by atoms with Crippen LogP contribution in [0.1, 0.15) is 68.8 Å². The first-order valence-electron chi connectivity index (χ1n) is 11.4. The van der Waals surface area contributed by atoms with Crippen LogP contribution in [-0.4, -0.2) is 37.6 Å². The van der Waals surface area contributed by atoms with E-state index in [2.05, 4.69) is 26.5 Å². The number of ether oxygens (including phenoxy) is 1. The van der Waals surface area contributed by atoms with E-state index in [1.165, 1.54) is 23.4 Å². The molecule has 0 spiro atoms. The van der Waals surface area contributed by atoms with Gasteiger partial charge in [-0.2, -0.15) is 9.50 Å². The molecule has 0 saturated heterocycles. The summed E-state index contributed by atoms with van der Waals surface area (Å²) in [4.78, 5) is 33.3. The molecule has 3 aliphatic rings. The average Bonchev–Trinajstić information content (AvgIpc) is 3.53. The number of rotatable bonds is 7. The van der Waals surface area contributed by atoms with Crippen LogP contribution in [0.4, 0.5) is 0 Å². The molecule has 164 valence electrons. The van der Waals surface area contributed by atoms with Gasteiger partial charge in [0.15, 0.2) is 5.82 Å². The van der Waals surface area contributed by atoms with E-state index in [1.54, 1.807) is 0 Å². The highest BCUT2D eigenvalue weighted by molar-refractivity contribution is 5.85. The summed E-state index contributed by atoms with van der Waals surface area (Å²) in [5.74, 6) is 1.71. The lowest BCUT2D eigenvalue weighted by molar-refractivity contribution is -0.154. The maximum absolute atomic E-state index is 13.0. The third-order valence-electron chi connectivity index (χ3n) is 6.54. The Balaban J connectivity index is 1.33. The standard InChI is InChI=1S/C23H29N5O3/c29-19-13-18(25-22-26-20(27-28(19)22)17-7-3-1-4-8-17)15-31-23(11-5-2-6-12-23)21(30)24-14-16-9-10-16/h1,3-4,7,13,16-17H,2,5-6,8-12,14-15H2,(H,24,30)(H,25,26,27). The van der Waals surface area contributed by atoms with Crippen molar-refractivity contribution in [2.75, 3.05) is 6.54 Å². The molecule has 1 unspecified atom stereocenters. The van der Waals surface area contributed by atoms with Crippen molar-refractivity contribution < 1.29 is 9.53 Å². The quantitative estimate of drug-likeness (QED) is 0.713. The number of carbonyl (C=O) groups is 1. The zero-order valence-corrected chi connectivity index (χ0v) is 17.7. The summed E-state index contributed by atoms with van der Waals surface area (Å²) in [6, 6.07) is 1.49. The zero-order valence-electron chi connectivity index (χ0n) is 17.7. The van der Waals surface area contributed by atoms with Crippen LogP contribution < -0.4 is 10.9 Å². The van der Waals surface area contributed by atoms with Crippen LogP contribution in [0.2, 0.25) is 0 Å². The largest absolute Gasteiger partial charge is 0.359 e. The first kappa shape index (κ1) is 20.2. The maximum Gasteiger partial charge on any atom is 0.275 e. The predicted molar refractivity (Wildman–Crippen MR) is 116 cm³/mol. The van der Waals surface area contributed by atoms with Gasteiger partial charge in [-0.1, -0.05) is 43.6 Å². The zero-order chi connectivity index (χ0) is 21.3. The molecule has 2 aromatic heterocycles. The number of nitrogens with one attached hydrogen (secondary N) is 2. The van der Waals surface area contributed by atoms with E-state index < -0.39 is 5.60 Å². The van der Waals surface area contributed by atoms with Crippen LogP contribution >= 0.6 is 0 Å². The second-order valence-electron chi connectivity index (χ2n) is 8.99. The van der Waals surface area contributed by atoms with Gasteiger partial charge in [0.2, 0.25) is 5.78 Å². The summed E-state index contributed by atoms with van der Waals surface area (Å²) in [6.07, 6.45) is 15.8. The van der Waals surface area contributed by atoms with E-state index in [1.807, 2.05) is 18.2 Å². The van der Waals surface area contributed by atoms with E-state index in [4.69, 9.17) is 4.74 Å². The smallest absolute Gasteiger partial charge is 0.275 e. The number of amides is 1. The van der Waals surface area contributed by atoms with Gasteiger partial charge >= 0.3 is 0 Å². The Morgan fingerprint density at radius 2 is 2.10 bits per heavy atom. The van der Waals surface area contributed by atoms with Crippen molar-refractivity contribution in [3.05, 3.63) is 52.2 Å². The molecule has 1 amide bonds. The first-order chi connectivity index (χ1) is 15.1. The lowest BCUT2D eigenvalue weighted by Crippen LogP contribution is -2.50. The molecular weight excluding hydrogens is 394 g/mol. The highest BCUT2D eigenvalue weighted by atomic mass is 16.5. The molecule has 2 heterocycles. The number of fused-ring (bicyclic) bond motifs is 1. The van der Waals surface area contributed by atoms with Gasteiger partial charge in [0.25, 0.3) is 11.5 Å². The molecule has 2 N–H and O–H groups in total. The van der Waals surface area contributed by atoms with Crippen LogP contribution in [-0.2, 0) is 16.1 Å². The van der Waals surface area contributed by atoms with Crippen LogP contribution in [0.15, 0.2) is 35.2 Å². The third kappa shape index (κ3) is 4.35. The van der Waals surface area contributed by atoms with E-state index >= 15 is 0 Å². The minimum absolute atomic E-state index is 0.00979. The molecule has 5 rings (SSSR count). The van der Waals surface area contributed by atoms with Crippen molar-refractivity contribution in [2.45, 2.75) is 69.5 Å². The number of hydrogen-bond acceptors (Lipinski definition) is 5. The molecule has 3 aliphatic carbocycles. The molecular formula is C23H29N5O3. The highest BCUT2D eigenvalue weighted by Gasteiger charge is 2.41. The van der Waals surface area contributed by atoms with Crippen molar-refractivity contribution >= 4 is 11.7 Å². The topological polar surface area (TPSA) is 101 Å². The Morgan fingerprint density at radius 1 is 1.26 bits per heavy atom. The van der Waals surface area contributed by atoms with Gasteiger partial charge in [-0.25, -0.2) is 0 Å². The second-order valence-corrected chi connectivity index (χ2v) is 8.99. The highest BCUT2D eigenvalue weighted by Crippen LogP contribution is 2.34. The Bertz CT molecular complexity index is 1070. The van der Waals surface area contributed by atoms with Crippen molar-refractivity contribution in [1.29, 1.82) is 0 Å². The van der Waals surface area contributed by atoms with Crippen LogP contribution in [0.3, 0.4) is 0 Å². The molecule has 0 bridgehead atoms. The summed E-state index contributed by atoms with van der Waals surface area (Å²) in [5.41, 5.74) is -0.457. The normalized spacial score (nSPS) is 22.6. The minimum atomic E-state index is -0.811. The molecule has 8 heteroatoms. The van der Waals surface area contributed by atoms with E-state index in [-0.39, 0.29) is 24.0 Å². The molecule has 8 nitrogen and oxygen atoms in total. The Kier molecular flexibility index (Phi) is 5.48. The van der Waals surface area contributed by atoms with Gasteiger partial charge in [0.05, 0.1) is 6.61 Å². The third-order valence-corrected chi connectivity index (χ3v) is 6.54. The SMILES string of the molecule is O=C(NCC1CC1)C1(OCc2cc(=O)n3nc(C4C=CC=CC4)nc3[nH]2)CCCCC1. The summed E-state index contributed by atoms with van der Waals surface area (Å²) in [7, 11) is 0. The number of aromatic nitrogens is 4. The Labute approximate surface area is 180 Å². The Morgan fingerprint density at radius 3 is 2.84 bits per heavy atom. The van der Waals surface area contributed by atoms with Crippen LogP contribution in [0.25, 0.3) is 5.78 Å². The number of allylic oxidation sites excluding steroid dienone is 4. The molecule has 0 aliphatic heterocycles.